The van der Waals surface area contributed by atoms with Crippen molar-refractivity contribution in [2.45, 2.75) is 46.6 Å². The second-order valence-electron chi connectivity index (χ2n) is 6.32. The van der Waals surface area contributed by atoms with Crippen LogP contribution >= 0.6 is 0 Å². The number of aryl methyl sites for hydroxylation is 1. The molecular formula is C15H25N3O. The number of methoxy groups -OCH3 is 1. The molecule has 0 aliphatic heterocycles. The molecule has 4 nitrogen and oxygen atoms in total. The highest BCUT2D eigenvalue weighted by Gasteiger charge is 2.49. The first-order valence-corrected chi connectivity index (χ1v) is 6.86. The molecule has 1 aromatic rings. The van der Waals surface area contributed by atoms with Gasteiger partial charge in [0.15, 0.2) is 0 Å². The average Bonchev–Trinajstić information content (AvgIpc) is 2.98. The van der Waals surface area contributed by atoms with Gasteiger partial charge in [0, 0.05) is 35.5 Å². The molecule has 0 aromatic carbocycles. The predicted octanol–water partition coefficient (Wildman–Crippen LogP) is 2.13. The van der Waals surface area contributed by atoms with Crippen molar-refractivity contribution >= 4 is 0 Å². The summed E-state index contributed by atoms with van der Waals surface area (Å²) < 4.78 is 5.46. The summed E-state index contributed by atoms with van der Waals surface area (Å²) in [6, 6.07) is 0.286. The third kappa shape index (κ3) is 2.74. The minimum atomic E-state index is 0.286. The molecule has 0 bridgehead atoms. The molecule has 0 saturated heterocycles. The lowest BCUT2D eigenvalue weighted by Crippen LogP contribution is -2.40. The second-order valence-corrected chi connectivity index (χ2v) is 6.32. The van der Waals surface area contributed by atoms with Crippen LogP contribution in [0.5, 0.6) is 5.75 Å². The Bertz CT molecular complexity index is 471. The van der Waals surface area contributed by atoms with E-state index in [0.717, 1.165) is 29.0 Å². The van der Waals surface area contributed by atoms with E-state index in [2.05, 4.69) is 31.2 Å². The Morgan fingerprint density at radius 3 is 2.63 bits per heavy atom. The van der Waals surface area contributed by atoms with Gasteiger partial charge in [-0.3, -0.25) is 16.3 Å². The number of nitrogens with one attached hydrogen (secondary N) is 1. The Balaban J connectivity index is 2.19. The van der Waals surface area contributed by atoms with E-state index in [0.29, 0.717) is 11.3 Å². The number of hydrogen-bond acceptors (Lipinski definition) is 4. The quantitative estimate of drug-likeness (QED) is 0.631. The number of nitrogens with zero attached hydrogens (tertiary/aromatic N) is 1. The normalized spacial score (nSPS) is 22.1. The number of pyridine rings is 1. The van der Waals surface area contributed by atoms with Gasteiger partial charge in [-0.05, 0) is 31.6 Å². The summed E-state index contributed by atoms with van der Waals surface area (Å²) in [7, 11) is 1.71. The molecule has 0 radical (unpaired) electrons. The monoisotopic (exact) mass is 263 g/mol. The van der Waals surface area contributed by atoms with Crippen LogP contribution in [0.2, 0.25) is 0 Å². The molecule has 3 N–H and O–H groups in total. The van der Waals surface area contributed by atoms with Crippen LogP contribution in [0.25, 0.3) is 0 Å². The lowest BCUT2D eigenvalue weighted by Gasteiger charge is -2.19. The first-order valence-electron chi connectivity index (χ1n) is 6.86. The maximum Gasteiger partial charge on any atom is 0.128 e. The van der Waals surface area contributed by atoms with E-state index in [1.165, 1.54) is 6.42 Å². The Kier molecular flexibility index (Phi) is 3.83. The van der Waals surface area contributed by atoms with E-state index < -0.39 is 0 Å². The molecule has 1 fully saturated rings. The minimum Gasteiger partial charge on any atom is -0.496 e. The van der Waals surface area contributed by atoms with Gasteiger partial charge in [-0.1, -0.05) is 13.8 Å². The smallest absolute Gasteiger partial charge is 0.128 e. The van der Waals surface area contributed by atoms with Crippen LogP contribution in [0.1, 0.15) is 37.1 Å². The van der Waals surface area contributed by atoms with Crippen molar-refractivity contribution in [2.24, 2.45) is 17.2 Å². The van der Waals surface area contributed by atoms with Crippen LogP contribution in [-0.2, 0) is 6.42 Å². The Morgan fingerprint density at radius 1 is 1.53 bits per heavy atom. The van der Waals surface area contributed by atoms with Gasteiger partial charge in [0.25, 0.3) is 0 Å². The number of hydrogen-bond donors (Lipinski definition) is 2. The SMILES string of the molecule is COc1c(C)cnc(CC(NN)C2CC2(C)C)c1C. The molecule has 4 heteroatoms. The van der Waals surface area contributed by atoms with Gasteiger partial charge in [-0.15, -0.1) is 0 Å². The summed E-state index contributed by atoms with van der Waals surface area (Å²) in [5, 5.41) is 0. The number of nitrogens with two attached hydrogens (primary N) is 1. The summed E-state index contributed by atoms with van der Waals surface area (Å²) in [4.78, 5) is 4.56. The fourth-order valence-corrected chi connectivity index (χ4v) is 3.00. The van der Waals surface area contributed by atoms with Gasteiger partial charge in [-0.2, -0.15) is 0 Å². The van der Waals surface area contributed by atoms with Crippen LogP contribution in [0.4, 0.5) is 0 Å². The van der Waals surface area contributed by atoms with Crippen molar-refractivity contribution in [3.63, 3.8) is 0 Å². The summed E-state index contributed by atoms with van der Waals surface area (Å²) in [5.74, 6) is 7.30. The van der Waals surface area contributed by atoms with E-state index in [-0.39, 0.29) is 6.04 Å². The van der Waals surface area contributed by atoms with Crippen LogP contribution in [0.15, 0.2) is 6.20 Å². The Morgan fingerprint density at radius 2 is 2.16 bits per heavy atom. The Labute approximate surface area is 115 Å². The molecule has 1 aromatic heterocycles. The second kappa shape index (κ2) is 5.10. The van der Waals surface area contributed by atoms with Crippen molar-refractivity contribution in [3.8, 4) is 5.75 Å². The first-order chi connectivity index (χ1) is 8.90. The lowest BCUT2D eigenvalue weighted by atomic mass is 9.97. The fourth-order valence-electron chi connectivity index (χ4n) is 3.00. The predicted molar refractivity (Wildman–Crippen MR) is 77.0 cm³/mol. The van der Waals surface area contributed by atoms with Crippen molar-refractivity contribution in [1.29, 1.82) is 0 Å². The average molecular weight is 263 g/mol. The van der Waals surface area contributed by atoms with Crippen LogP contribution in [0.3, 0.4) is 0 Å². The highest BCUT2D eigenvalue weighted by molar-refractivity contribution is 5.41. The van der Waals surface area contributed by atoms with E-state index in [1.807, 2.05) is 13.1 Å². The Hall–Kier alpha value is -1.13. The highest BCUT2D eigenvalue weighted by atomic mass is 16.5. The van der Waals surface area contributed by atoms with Gasteiger partial charge in [0.1, 0.15) is 5.75 Å². The summed E-state index contributed by atoms with van der Waals surface area (Å²) in [6.45, 7) is 8.67. The van der Waals surface area contributed by atoms with E-state index in [1.54, 1.807) is 7.11 Å². The summed E-state index contributed by atoms with van der Waals surface area (Å²) in [5.41, 5.74) is 6.65. The molecule has 2 rings (SSSR count). The maximum absolute atomic E-state index is 5.72. The van der Waals surface area contributed by atoms with Crippen LogP contribution in [-0.4, -0.2) is 18.1 Å². The molecule has 0 spiro atoms. The fraction of sp³-hybridized carbons (Fsp3) is 0.667. The topological polar surface area (TPSA) is 60.2 Å². The van der Waals surface area contributed by atoms with Crippen LogP contribution < -0.4 is 16.0 Å². The van der Waals surface area contributed by atoms with Gasteiger partial charge in [0.2, 0.25) is 0 Å². The molecule has 2 unspecified atom stereocenters. The van der Waals surface area contributed by atoms with E-state index >= 15 is 0 Å². The van der Waals surface area contributed by atoms with E-state index in [4.69, 9.17) is 10.6 Å². The molecule has 2 atom stereocenters. The van der Waals surface area contributed by atoms with E-state index in [9.17, 15) is 0 Å². The third-order valence-corrected chi connectivity index (χ3v) is 4.45. The molecular weight excluding hydrogens is 238 g/mol. The maximum atomic E-state index is 5.72. The minimum absolute atomic E-state index is 0.286. The van der Waals surface area contributed by atoms with Gasteiger partial charge in [0.05, 0.1) is 7.11 Å². The zero-order valence-electron chi connectivity index (χ0n) is 12.6. The van der Waals surface area contributed by atoms with Gasteiger partial charge < -0.3 is 4.74 Å². The lowest BCUT2D eigenvalue weighted by molar-refractivity contribution is 0.396. The molecule has 1 aliphatic carbocycles. The zero-order valence-corrected chi connectivity index (χ0v) is 12.6. The highest BCUT2D eigenvalue weighted by Crippen LogP contribution is 2.53. The van der Waals surface area contributed by atoms with Gasteiger partial charge in [-0.25, -0.2) is 0 Å². The van der Waals surface area contributed by atoms with Crippen molar-refractivity contribution in [2.75, 3.05) is 7.11 Å². The molecule has 106 valence electrons. The van der Waals surface area contributed by atoms with Gasteiger partial charge >= 0.3 is 0 Å². The van der Waals surface area contributed by atoms with Crippen molar-refractivity contribution in [1.82, 2.24) is 10.4 Å². The summed E-state index contributed by atoms with van der Waals surface area (Å²) in [6.07, 6.45) is 3.96. The number of aromatic nitrogens is 1. The largest absolute Gasteiger partial charge is 0.496 e. The number of ether oxygens (including phenoxy) is 1. The molecule has 1 aliphatic rings. The van der Waals surface area contributed by atoms with Crippen molar-refractivity contribution in [3.05, 3.63) is 23.0 Å². The molecule has 1 saturated carbocycles. The molecule has 19 heavy (non-hydrogen) atoms. The summed E-state index contributed by atoms with van der Waals surface area (Å²) >= 11 is 0. The zero-order chi connectivity index (χ0) is 14.2. The molecule has 0 amide bonds. The third-order valence-electron chi connectivity index (χ3n) is 4.45. The first kappa shape index (κ1) is 14.3. The van der Waals surface area contributed by atoms with Crippen LogP contribution in [0, 0.1) is 25.2 Å². The van der Waals surface area contributed by atoms with Crippen molar-refractivity contribution < 1.29 is 4.74 Å². The number of hydrazine groups is 1. The molecule has 1 heterocycles. The number of rotatable bonds is 5. The standard InChI is InChI=1S/C15H25N3O/c1-9-8-17-12(10(2)14(9)19-5)6-13(18-16)11-7-15(11,3)4/h8,11,13,18H,6-7,16H2,1-5H3.